The number of benzene rings is 1. The highest BCUT2D eigenvalue weighted by molar-refractivity contribution is 6.69. The van der Waals surface area contributed by atoms with Crippen molar-refractivity contribution in [3.8, 4) is 0 Å². The highest BCUT2D eigenvalue weighted by Crippen LogP contribution is 2.32. The highest BCUT2D eigenvalue weighted by Gasteiger charge is 2.40. The van der Waals surface area contributed by atoms with E-state index < -0.39 is 8.32 Å². The number of esters is 1. The van der Waals surface area contributed by atoms with Gasteiger partial charge in [-0.3, -0.25) is 5.01 Å². The fourth-order valence-corrected chi connectivity index (χ4v) is 3.75. The van der Waals surface area contributed by atoms with E-state index in [4.69, 9.17) is 9.16 Å². The van der Waals surface area contributed by atoms with Gasteiger partial charge in [0.2, 0.25) is 0 Å². The smallest absolute Gasteiger partial charge is 0.354 e. The monoisotopic (exact) mass is 348 g/mol. The summed E-state index contributed by atoms with van der Waals surface area (Å²) in [4.78, 5) is 12.2. The van der Waals surface area contributed by atoms with E-state index in [9.17, 15) is 4.79 Å². The van der Waals surface area contributed by atoms with Gasteiger partial charge in [-0.25, -0.2) is 4.79 Å². The number of ether oxygens (including phenoxy) is 1. The van der Waals surface area contributed by atoms with Crippen molar-refractivity contribution in [2.45, 2.75) is 45.4 Å². The van der Waals surface area contributed by atoms with Gasteiger partial charge in [0.1, 0.15) is 0 Å². The number of carbonyl (C=O) groups excluding carboxylic acids is 1. The summed E-state index contributed by atoms with van der Waals surface area (Å²) < 4.78 is 11.0. The zero-order chi connectivity index (χ0) is 17.7. The second-order valence-corrected chi connectivity index (χ2v) is 11.5. The predicted molar refractivity (Wildman–Crippen MR) is 99.9 cm³/mol. The Labute approximate surface area is 145 Å². The maximum atomic E-state index is 12.2. The van der Waals surface area contributed by atoms with Crippen LogP contribution in [0, 0.1) is 5.92 Å². The molecule has 0 aliphatic carbocycles. The summed E-state index contributed by atoms with van der Waals surface area (Å²) >= 11 is 0. The summed E-state index contributed by atoms with van der Waals surface area (Å²) in [6, 6.07) is 10.1. The van der Waals surface area contributed by atoms with Gasteiger partial charge in [-0.05, 0) is 44.6 Å². The van der Waals surface area contributed by atoms with Crippen molar-refractivity contribution < 1.29 is 14.0 Å². The second-order valence-electron chi connectivity index (χ2n) is 6.99. The standard InChI is InChI=1S/C18H28N2O3Si/c1-6-16-15(12-13-23-24(3,4)5)17(18(21)22-2)19-20(16)14-10-8-7-9-11-14/h7-11,15-16H,6,12-13H2,1-5H3/t15-,16+/m0/s1. The van der Waals surface area contributed by atoms with Crippen LogP contribution in [-0.2, 0) is 14.0 Å². The van der Waals surface area contributed by atoms with Crippen LogP contribution >= 0.6 is 0 Å². The maximum Gasteiger partial charge on any atom is 0.354 e. The number of hydrogen-bond acceptors (Lipinski definition) is 5. The molecule has 0 saturated carbocycles. The van der Waals surface area contributed by atoms with Gasteiger partial charge < -0.3 is 9.16 Å². The molecule has 1 aliphatic rings. The summed E-state index contributed by atoms with van der Waals surface area (Å²) in [5, 5.41) is 6.57. The quantitative estimate of drug-likeness (QED) is 0.557. The number of nitrogens with zero attached hydrogens (tertiary/aromatic N) is 2. The van der Waals surface area contributed by atoms with E-state index in [-0.39, 0.29) is 17.9 Å². The average Bonchev–Trinajstić information content (AvgIpc) is 2.92. The van der Waals surface area contributed by atoms with Crippen LogP contribution < -0.4 is 5.01 Å². The molecule has 0 N–H and O–H groups in total. The minimum absolute atomic E-state index is 0.0269. The zero-order valence-corrected chi connectivity index (χ0v) is 16.3. The van der Waals surface area contributed by atoms with Crippen LogP contribution in [-0.4, -0.2) is 39.8 Å². The van der Waals surface area contributed by atoms with Gasteiger partial charge in [-0.2, -0.15) is 5.10 Å². The Morgan fingerprint density at radius 3 is 2.46 bits per heavy atom. The summed E-state index contributed by atoms with van der Waals surface area (Å²) in [6.07, 6.45) is 1.68. The fourth-order valence-electron chi connectivity index (χ4n) is 3.02. The van der Waals surface area contributed by atoms with E-state index in [0.717, 1.165) is 18.5 Å². The lowest BCUT2D eigenvalue weighted by molar-refractivity contribution is -0.133. The first-order chi connectivity index (χ1) is 11.4. The minimum Gasteiger partial charge on any atom is -0.464 e. The molecule has 0 unspecified atom stereocenters. The van der Waals surface area contributed by atoms with Gasteiger partial charge in [-0.1, -0.05) is 25.1 Å². The molecule has 0 saturated heterocycles. The Morgan fingerprint density at radius 2 is 1.92 bits per heavy atom. The van der Waals surface area contributed by atoms with Crippen molar-refractivity contribution in [1.29, 1.82) is 0 Å². The molecule has 1 aliphatic heterocycles. The lowest BCUT2D eigenvalue weighted by atomic mass is 9.90. The summed E-state index contributed by atoms with van der Waals surface area (Å²) in [5.41, 5.74) is 1.51. The molecule has 0 bridgehead atoms. The number of methoxy groups -OCH3 is 1. The van der Waals surface area contributed by atoms with Gasteiger partial charge >= 0.3 is 5.97 Å². The van der Waals surface area contributed by atoms with E-state index in [0.29, 0.717) is 12.3 Å². The first-order valence-electron chi connectivity index (χ1n) is 8.52. The van der Waals surface area contributed by atoms with Crippen molar-refractivity contribution >= 4 is 25.7 Å². The molecule has 0 aromatic heterocycles. The molecule has 24 heavy (non-hydrogen) atoms. The van der Waals surface area contributed by atoms with Crippen LogP contribution in [0.4, 0.5) is 5.69 Å². The molecule has 2 rings (SSSR count). The highest BCUT2D eigenvalue weighted by atomic mass is 28.4. The number of hydrogen-bond donors (Lipinski definition) is 0. The Morgan fingerprint density at radius 1 is 1.25 bits per heavy atom. The molecular formula is C18H28N2O3Si. The SMILES string of the molecule is CC[C@@H]1[C@H](CCO[Si](C)(C)C)C(C(=O)OC)=NN1c1ccccc1. The van der Waals surface area contributed by atoms with Crippen molar-refractivity contribution in [2.24, 2.45) is 11.0 Å². The van der Waals surface area contributed by atoms with Crippen LogP contribution in [0.1, 0.15) is 19.8 Å². The largest absolute Gasteiger partial charge is 0.464 e. The van der Waals surface area contributed by atoms with Crippen LogP contribution in [0.2, 0.25) is 19.6 Å². The van der Waals surface area contributed by atoms with Gasteiger partial charge in [0.05, 0.1) is 18.8 Å². The first kappa shape index (κ1) is 18.7. The van der Waals surface area contributed by atoms with E-state index in [1.807, 2.05) is 35.3 Å². The van der Waals surface area contributed by atoms with E-state index in [1.54, 1.807) is 0 Å². The number of hydrazone groups is 1. The molecule has 0 amide bonds. The number of para-hydroxylation sites is 1. The maximum absolute atomic E-state index is 12.2. The third-order valence-corrected chi connectivity index (χ3v) is 5.21. The first-order valence-corrected chi connectivity index (χ1v) is 11.9. The van der Waals surface area contributed by atoms with Crippen molar-refractivity contribution in [2.75, 3.05) is 18.7 Å². The Hall–Kier alpha value is -1.66. The number of rotatable bonds is 7. The van der Waals surface area contributed by atoms with E-state index in [1.165, 1.54) is 7.11 Å². The van der Waals surface area contributed by atoms with Crippen molar-refractivity contribution in [3.63, 3.8) is 0 Å². The number of anilines is 1. The lowest BCUT2D eigenvalue weighted by Gasteiger charge is -2.27. The van der Waals surface area contributed by atoms with Crippen molar-refractivity contribution in [3.05, 3.63) is 30.3 Å². The lowest BCUT2D eigenvalue weighted by Crippen LogP contribution is -2.36. The van der Waals surface area contributed by atoms with Gasteiger partial charge in [0.15, 0.2) is 14.0 Å². The minimum atomic E-state index is -1.57. The predicted octanol–water partition coefficient (Wildman–Crippen LogP) is 3.67. The normalized spacial score (nSPS) is 20.9. The summed E-state index contributed by atoms with van der Waals surface area (Å²) in [5.74, 6) is -0.316. The molecule has 1 aromatic rings. The van der Waals surface area contributed by atoms with Crippen LogP contribution in [0.3, 0.4) is 0 Å². The van der Waals surface area contributed by atoms with Gasteiger partial charge in [0, 0.05) is 12.5 Å². The number of carbonyl (C=O) groups is 1. The van der Waals surface area contributed by atoms with Crippen LogP contribution in [0.25, 0.3) is 0 Å². The molecule has 0 spiro atoms. The molecule has 1 aromatic carbocycles. The molecule has 2 atom stereocenters. The summed E-state index contributed by atoms with van der Waals surface area (Å²) in [7, 11) is -0.160. The van der Waals surface area contributed by atoms with E-state index >= 15 is 0 Å². The van der Waals surface area contributed by atoms with Crippen LogP contribution in [0.5, 0.6) is 0 Å². The zero-order valence-electron chi connectivity index (χ0n) is 15.3. The Balaban J connectivity index is 2.23. The van der Waals surface area contributed by atoms with Crippen LogP contribution in [0.15, 0.2) is 35.4 Å². The van der Waals surface area contributed by atoms with Gasteiger partial charge in [0.25, 0.3) is 0 Å². The topological polar surface area (TPSA) is 51.1 Å². The second kappa shape index (κ2) is 7.94. The molecule has 5 nitrogen and oxygen atoms in total. The van der Waals surface area contributed by atoms with E-state index in [2.05, 4.69) is 31.7 Å². The Kier molecular flexibility index (Phi) is 6.18. The molecule has 132 valence electrons. The molecule has 0 fully saturated rings. The molecule has 1 heterocycles. The summed E-state index contributed by atoms with van der Waals surface area (Å²) in [6.45, 7) is 9.29. The third kappa shape index (κ3) is 4.45. The average molecular weight is 349 g/mol. The third-order valence-electron chi connectivity index (χ3n) is 4.14. The molecule has 0 radical (unpaired) electrons. The Bertz CT molecular complexity index is 584. The fraction of sp³-hybridized carbons (Fsp3) is 0.556. The van der Waals surface area contributed by atoms with Crippen molar-refractivity contribution in [1.82, 2.24) is 0 Å². The molecule has 6 heteroatoms. The molecular weight excluding hydrogens is 320 g/mol. The van der Waals surface area contributed by atoms with Gasteiger partial charge in [-0.15, -0.1) is 0 Å².